The molecule has 0 radical (unpaired) electrons. The molecule has 44 heavy (non-hydrogen) atoms. The number of benzene rings is 3. The number of nitrogens with one attached hydrogen (secondary N) is 1. The zero-order valence-corrected chi connectivity index (χ0v) is 26.9. The number of rotatable bonds is 15. The molecule has 0 fully saturated rings. The van der Waals surface area contributed by atoms with Gasteiger partial charge in [0.2, 0.25) is 11.8 Å². The summed E-state index contributed by atoms with van der Waals surface area (Å²) in [6, 6.07) is 12.9. The summed E-state index contributed by atoms with van der Waals surface area (Å²) in [7, 11) is -0.319. The minimum atomic E-state index is -4.47. The van der Waals surface area contributed by atoms with Gasteiger partial charge in [-0.2, -0.15) is 0 Å². The Morgan fingerprint density at radius 3 is 2.18 bits per heavy atom. The van der Waals surface area contributed by atoms with E-state index in [2.05, 4.69) is 5.32 Å². The van der Waals surface area contributed by atoms with E-state index in [1.165, 1.54) is 86.9 Å². The van der Waals surface area contributed by atoms with Crippen molar-refractivity contribution in [3.63, 3.8) is 0 Å². The van der Waals surface area contributed by atoms with Crippen molar-refractivity contribution in [2.75, 3.05) is 38.7 Å². The summed E-state index contributed by atoms with van der Waals surface area (Å²) in [5.74, 6) is -0.961. The van der Waals surface area contributed by atoms with Gasteiger partial charge < -0.3 is 24.4 Å². The maximum absolute atomic E-state index is 14.3. The summed E-state index contributed by atoms with van der Waals surface area (Å²) < 4.78 is 59.0. The number of nitrogens with zero attached hydrogens (tertiary/aromatic N) is 2. The van der Waals surface area contributed by atoms with Gasteiger partial charge in [0.05, 0.1) is 31.9 Å². The van der Waals surface area contributed by atoms with Gasteiger partial charge >= 0.3 is 0 Å². The van der Waals surface area contributed by atoms with Crippen molar-refractivity contribution in [3.05, 3.63) is 77.1 Å². The van der Waals surface area contributed by atoms with E-state index in [1.54, 1.807) is 6.92 Å². The van der Waals surface area contributed by atoms with Gasteiger partial charge in [0.1, 0.15) is 24.2 Å². The highest BCUT2D eigenvalue weighted by Crippen LogP contribution is 2.37. The molecule has 0 saturated heterocycles. The van der Waals surface area contributed by atoms with E-state index in [-0.39, 0.29) is 33.6 Å². The van der Waals surface area contributed by atoms with Crippen molar-refractivity contribution in [2.24, 2.45) is 0 Å². The van der Waals surface area contributed by atoms with Gasteiger partial charge in [-0.1, -0.05) is 37.1 Å². The first kappa shape index (κ1) is 34.5. The number of sulfonamides is 1. The van der Waals surface area contributed by atoms with Crippen molar-refractivity contribution in [1.29, 1.82) is 0 Å². The van der Waals surface area contributed by atoms with E-state index < -0.39 is 40.2 Å². The number of carbonyl (C=O) groups excluding carboxylic acids is 2. The van der Waals surface area contributed by atoms with Crippen LogP contribution in [-0.2, 0) is 26.2 Å². The van der Waals surface area contributed by atoms with Crippen LogP contribution in [0.2, 0.25) is 5.02 Å². The van der Waals surface area contributed by atoms with E-state index in [0.29, 0.717) is 17.9 Å². The molecule has 3 aromatic rings. The predicted molar refractivity (Wildman–Crippen MR) is 166 cm³/mol. The number of ether oxygens (including phenoxy) is 3. The van der Waals surface area contributed by atoms with Gasteiger partial charge in [0, 0.05) is 24.2 Å². The topological polar surface area (TPSA) is 114 Å². The van der Waals surface area contributed by atoms with Gasteiger partial charge in [0.15, 0.2) is 11.5 Å². The molecule has 3 aromatic carbocycles. The first-order valence-electron chi connectivity index (χ1n) is 13.9. The third-order valence-electron chi connectivity index (χ3n) is 6.89. The van der Waals surface area contributed by atoms with Gasteiger partial charge in [-0.05, 0) is 61.4 Å². The molecule has 10 nitrogen and oxygen atoms in total. The standard InChI is InChI=1S/C31H37ClFN3O7S/c1-6-7-16-34-31(38)21(2)35(19-22-8-11-24(33)12-9-22)30(37)20-36(26-17-23(32)10-14-27(26)41-3)44(39,40)25-13-15-28(42-4)29(18-25)43-5/h8-15,17-18,21H,6-7,16,19-20H2,1-5H3,(H,34,38)/t21-/m0/s1. The second-order valence-electron chi connectivity index (χ2n) is 9.81. The molecule has 0 aromatic heterocycles. The largest absolute Gasteiger partial charge is 0.495 e. The zero-order valence-electron chi connectivity index (χ0n) is 25.3. The van der Waals surface area contributed by atoms with Crippen LogP contribution in [-0.4, -0.2) is 65.6 Å². The zero-order chi connectivity index (χ0) is 32.4. The maximum atomic E-state index is 14.3. The number of methoxy groups -OCH3 is 3. The molecule has 2 amide bonds. The van der Waals surface area contributed by atoms with Crippen LogP contribution in [0.3, 0.4) is 0 Å². The molecule has 0 unspecified atom stereocenters. The number of hydrogen-bond donors (Lipinski definition) is 1. The molecule has 1 N–H and O–H groups in total. The van der Waals surface area contributed by atoms with E-state index >= 15 is 0 Å². The fourth-order valence-corrected chi connectivity index (χ4v) is 5.98. The van der Waals surface area contributed by atoms with E-state index in [4.69, 9.17) is 25.8 Å². The molecule has 0 heterocycles. The minimum Gasteiger partial charge on any atom is -0.495 e. The fourth-order valence-electron chi connectivity index (χ4n) is 4.38. The number of amides is 2. The van der Waals surface area contributed by atoms with Crippen molar-refractivity contribution in [1.82, 2.24) is 10.2 Å². The smallest absolute Gasteiger partial charge is 0.265 e. The SMILES string of the molecule is CCCCNC(=O)[C@H](C)N(Cc1ccc(F)cc1)C(=O)CN(c1cc(Cl)ccc1OC)S(=O)(=O)c1ccc(OC)c(OC)c1. The molecule has 13 heteroatoms. The second kappa shape index (κ2) is 15.6. The highest BCUT2D eigenvalue weighted by molar-refractivity contribution is 7.92. The Bertz CT molecular complexity index is 1550. The highest BCUT2D eigenvalue weighted by atomic mass is 35.5. The Balaban J connectivity index is 2.11. The van der Waals surface area contributed by atoms with Crippen LogP contribution in [0.25, 0.3) is 0 Å². The number of anilines is 1. The first-order chi connectivity index (χ1) is 21.0. The highest BCUT2D eigenvalue weighted by Gasteiger charge is 2.34. The van der Waals surface area contributed by atoms with Crippen LogP contribution < -0.4 is 23.8 Å². The Labute approximate surface area is 262 Å². The monoisotopic (exact) mass is 649 g/mol. The molecule has 3 rings (SSSR count). The Morgan fingerprint density at radius 1 is 0.932 bits per heavy atom. The summed E-state index contributed by atoms with van der Waals surface area (Å²) in [5, 5.41) is 3.02. The summed E-state index contributed by atoms with van der Waals surface area (Å²) in [4.78, 5) is 28.3. The van der Waals surface area contributed by atoms with Gasteiger partial charge in [-0.3, -0.25) is 13.9 Å². The molecular formula is C31H37ClFN3O7S. The van der Waals surface area contributed by atoms with Crippen molar-refractivity contribution >= 4 is 39.1 Å². The summed E-state index contributed by atoms with van der Waals surface area (Å²) in [5.41, 5.74) is 0.549. The molecule has 0 saturated carbocycles. The Hall–Kier alpha value is -4.03. The number of halogens is 2. The number of hydrogen-bond acceptors (Lipinski definition) is 7. The fraction of sp³-hybridized carbons (Fsp3) is 0.355. The van der Waals surface area contributed by atoms with Crippen LogP contribution >= 0.6 is 11.6 Å². The maximum Gasteiger partial charge on any atom is 0.265 e. The van der Waals surface area contributed by atoms with E-state index in [1.807, 2.05) is 6.92 Å². The Morgan fingerprint density at radius 2 is 1.57 bits per heavy atom. The second-order valence-corrected chi connectivity index (χ2v) is 12.1. The summed E-state index contributed by atoms with van der Waals surface area (Å²) >= 11 is 6.28. The average Bonchev–Trinajstić information content (AvgIpc) is 3.02. The first-order valence-corrected chi connectivity index (χ1v) is 15.7. The Kier molecular flexibility index (Phi) is 12.2. The average molecular weight is 650 g/mol. The quantitative estimate of drug-likeness (QED) is 0.230. The minimum absolute atomic E-state index is 0.00455. The predicted octanol–water partition coefficient (Wildman–Crippen LogP) is 5.03. The normalized spacial score (nSPS) is 11.8. The summed E-state index contributed by atoms with van der Waals surface area (Å²) in [6.07, 6.45) is 1.60. The van der Waals surface area contributed by atoms with E-state index in [9.17, 15) is 22.4 Å². The lowest BCUT2D eigenvalue weighted by Gasteiger charge is -2.32. The summed E-state index contributed by atoms with van der Waals surface area (Å²) in [6.45, 7) is 3.14. The molecule has 0 bridgehead atoms. The lowest BCUT2D eigenvalue weighted by atomic mass is 10.1. The lowest BCUT2D eigenvalue weighted by molar-refractivity contribution is -0.139. The third-order valence-corrected chi connectivity index (χ3v) is 8.89. The van der Waals surface area contributed by atoms with Crippen molar-refractivity contribution in [3.8, 4) is 17.2 Å². The molecule has 0 aliphatic rings. The molecular weight excluding hydrogens is 613 g/mol. The van der Waals surface area contributed by atoms with Crippen LogP contribution in [0.4, 0.5) is 10.1 Å². The van der Waals surface area contributed by atoms with Gasteiger partial charge in [-0.15, -0.1) is 0 Å². The number of carbonyl (C=O) groups is 2. The van der Waals surface area contributed by atoms with Crippen LogP contribution in [0, 0.1) is 5.82 Å². The van der Waals surface area contributed by atoms with Crippen LogP contribution in [0.5, 0.6) is 17.2 Å². The molecule has 238 valence electrons. The lowest BCUT2D eigenvalue weighted by Crippen LogP contribution is -2.51. The van der Waals surface area contributed by atoms with E-state index in [0.717, 1.165) is 17.1 Å². The van der Waals surface area contributed by atoms with Crippen LogP contribution in [0.15, 0.2) is 65.6 Å². The van der Waals surface area contributed by atoms with Gasteiger partial charge in [-0.25, -0.2) is 12.8 Å². The van der Waals surface area contributed by atoms with Crippen LogP contribution in [0.1, 0.15) is 32.3 Å². The molecule has 0 aliphatic carbocycles. The third kappa shape index (κ3) is 8.32. The van der Waals surface area contributed by atoms with Crippen molar-refractivity contribution < 1.29 is 36.6 Å². The number of unbranched alkanes of at least 4 members (excludes halogenated alkanes) is 1. The molecule has 1 atom stereocenters. The molecule has 0 aliphatic heterocycles. The van der Waals surface area contributed by atoms with Gasteiger partial charge in [0.25, 0.3) is 10.0 Å². The van der Waals surface area contributed by atoms with Crippen molar-refractivity contribution in [2.45, 2.75) is 44.2 Å². The molecule has 0 spiro atoms.